The van der Waals surface area contributed by atoms with E-state index in [0.29, 0.717) is 73.1 Å². The molecule has 6 aliphatic carbocycles. The molecule has 0 N–H and O–H groups in total. The Morgan fingerprint density at radius 1 is 0.209 bits per heavy atom. The lowest BCUT2D eigenvalue weighted by Gasteiger charge is -2.17. The quantitative estimate of drug-likeness (QED) is 0.0625. The maximum atomic E-state index is 14.0. The third-order valence-corrected chi connectivity index (χ3v) is 20.2. The maximum absolute atomic E-state index is 14.0. The Hall–Kier alpha value is -17.0. The number of ether oxygens (including phenoxy) is 6. The number of benzene rings is 13. The van der Waals surface area contributed by atoms with Gasteiger partial charge in [-0.15, -0.1) is 0 Å². The summed E-state index contributed by atoms with van der Waals surface area (Å²) in [5, 5.41) is 2.10. The summed E-state index contributed by atoms with van der Waals surface area (Å²) in [6.07, 6.45) is 6.73. The van der Waals surface area contributed by atoms with Gasteiger partial charge in [-0.2, -0.15) is 4.39 Å². The van der Waals surface area contributed by atoms with E-state index in [0.717, 1.165) is 58.7 Å². The van der Waals surface area contributed by atoms with Crippen molar-refractivity contribution >= 4 is 80.2 Å². The summed E-state index contributed by atoms with van der Waals surface area (Å²) in [5.74, 6) is -13.8. The van der Waals surface area contributed by atoms with Crippen LogP contribution in [0.4, 0.5) is 26.3 Å². The minimum Gasteiger partial charge on any atom is -0.453 e. The largest absolute Gasteiger partial charge is 0.453 e. The van der Waals surface area contributed by atoms with E-state index in [1.54, 1.807) is 152 Å². The Kier molecular flexibility index (Phi) is 26.3. The smallest absolute Gasteiger partial charge is 0.229 e. The molecule has 0 fully saturated rings. The second-order valence-electron chi connectivity index (χ2n) is 29.3. The van der Waals surface area contributed by atoms with Gasteiger partial charge in [-0.05, 0) is 117 Å². The van der Waals surface area contributed by atoms with E-state index in [4.69, 9.17) is 28.4 Å². The SMILES string of the molecule is Cc1c(F)c(F)c(F)c(OC2=CC(=O)c3ccccc3C2=O)c1F.Cc1cc(F)c(OC2=CC(=O)c3ccccc3C2=O)c(F)c1.Cc1ccc(OC2=CC(=O)c3ccccc3C2=O)c(C)c1.Cc1cccc(OC2=CC(=O)c3ccccc3C2=O)c1.O=C1C=C(Oc2ccc3ccccc3c2)C(=O)c2ccccc21.O=C1C=C(Oc2ccccc2)C(=O)c2ccccc21. The summed E-state index contributed by atoms with van der Waals surface area (Å²) in [7, 11) is 0. The first-order valence-corrected chi connectivity index (χ1v) is 39.4. The molecule has 13 aromatic rings. The third kappa shape index (κ3) is 19.5. The van der Waals surface area contributed by atoms with Crippen molar-refractivity contribution in [1.82, 2.24) is 0 Å². The van der Waals surface area contributed by atoms with Gasteiger partial charge in [0.05, 0.1) is 0 Å². The van der Waals surface area contributed by atoms with Crippen LogP contribution in [-0.4, -0.2) is 69.4 Å². The summed E-state index contributed by atoms with van der Waals surface area (Å²) >= 11 is 0. The average Bonchev–Trinajstić information content (AvgIpc) is 0.776. The predicted molar refractivity (Wildman–Crippen MR) is 462 cm³/mol. The Morgan fingerprint density at radius 3 is 0.899 bits per heavy atom. The van der Waals surface area contributed by atoms with E-state index in [9.17, 15) is 83.9 Å². The minimum absolute atomic E-state index is 0.0138. The van der Waals surface area contributed by atoms with Gasteiger partial charge in [0.1, 0.15) is 23.0 Å². The molecule has 0 bridgehead atoms. The zero-order chi connectivity index (χ0) is 91.6. The molecule has 0 heterocycles. The number of rotatable bonds is 12. The molecule has 0 aromatic heterocycles. The normalized spacial score (nSPS) is 13.7. The molecule has 0 saturated carbocycles. The molecular formula is C105H66F6O18. The van der Waals surface area contributed by atoms with Gasteiger partial charge in [-0.1, -0.05) is 224 Å². The molecule has 13 aromatic carbocycles. The van der Waals surface area contributed by atoms with Crippen LogP contribution in [0.3, 0.4) is 0 Å². The predicted octanol–water partition coefficient (Wildman–Crippen LogP) is 21.7. The number of halogens is 6. The zero-order valence-corrected chi connectivity index (χ0v) is 68.6. The zero-order valence-electron chi connectivity index (χ0n) is 68.6. The number of aryl methyl sites for hydroxylation is 4. The highest BCUT2D eigenvalue weighted by Crippen LogP contribution is 2.37. The first-order valence-electron chi connectivity index (χ1n) is 39.4. The summed E-state index contributed by atoms with van der Waals surface area (Å²) in [5.41, 5.74) is 6.38. The molecule has 636 valence electrons. The van der Waals surface area contributed by atoms with Gasteiger partial charge in [0.15, 0.2) is 104 Å². The summed E-state index contributed by atoms with van der Waals surface area (Å²) in [4.78, 5) is 146. The molecule has 19 rings (SSSR count). The van der Waals surface area contributed by atoms with Gasteiger partial charge >= 0.3 is 0 Å². The highest BCUT2D eigenvalue weighted by molar-refractivity contribution is 6.28. The average molecular weight is 1730 g/mol. The van der Waals surface area contributed by atoms with Crippen LogP contribution in [0.5, 0.6) is 34.5 Å². The van der Waals surface area contributed by atoms with E-state index in [1.807, 2.05) is 99.6 Å². The molecule has 0 saturated heterocycles. The van der Waals surface area contributed by atoms with Crippen molar-refractivity contribution in [3.8, 4) is 34.5 Å². The van der Waals surface area contributed by atoms with Crippen molar-refractivity contribution in [1.29, 1.82) is 0 Å². The van der Waals surface area contributed by atoms with Crippen LogP contribution in [-0.2, 0) is 0 Å². The number of carbonyl (C=O) groups excluding carboxylic acids is 12. The molecule has 0 aliphatic heterocycles. The van der Waals surface area contributed by atoms with Crippen molar-refractivity contribution < 1.29 is 112 Å². The number of Topliss-reactive ketones (excluding diaryl/α,β-unsaturated/α-hetero) is 6. The van der Waals surface area contributed by atoms with E-state index in [-0.39, 0.29) is 91.6 Å². The molecule has 0 atom stereocenters. The molecule has 0 radical (unpaired) electrons. The molecule has 24 heteroatoms. The first kappa shape index (κ1) is 88.3. The van der Waals surface area contributed by atoms with Gasteiger partial charge in [-0.3, -0.25) is 57.5 Å². The van der Waals surface area contributed by atoms with Gasteiger partial charge in [0.2, 0.25) is 46.3 Å². The number of fused-ring (bicyclic) bond motifs is 7. The fourth-order valence-electron chi connectivity index (χ4n) is 13.8. The van der Waals surface area contributed by atoms with Crippen LogP contribution in [0.15, 0.2) is 344 Å². The van der Waals surface area contributed by atoms with Crippen LogP contribution in [0.1, 0.15) is 152 Å². The molecular weight excluding hydrogens is 1660 g/mol. The molecule has 0 unspecified atom stereocenters. The fourth-order valence-corrected chi connectivity index (χ4v) is 13.8. The van der Waals surface area contributed by atoms with E-state index >= 15 is 0 Å². The summed E-state index contributed by atoms with van der Waals surface area (Å²) in [6, 6.07) is 76.7. The van der Waals surface area contributed by atoms with Crippen molar-refractivity contribution in [2.24, 2.45) is 0 Å². The van der Waals surface area contributed by atoms with Gasteiger partial charge < -0.3 is 28.4 Å². The van der Waals surface area contributed by atoms with Gasteiger partial charge in [0, 0.05) is 109 Å². The van der Waals surface area contributed by atoms with Crippen LogP contribution in [0.25, 0.3) is 10.8 Å². The second-order valence-corrected chi connectivity index (χ2v) is 29.3. The van der Waals surface area contributed by atoms with Crippen molar-refractivity contribution in [3.05, 3.63) is 473 Å². The lowest BCUT2D eigenvalue weighted by molar-refractivity contribution is 0.0943. The van der Waals surface area contributed by atoms with Crippen LogP contribution in [0, 0.1) is 69.5 Å². The van der Waals surface area contributed by atoms with Crippen LogP contribution in [0.2, 0.25) is 0 Å². The molecule has 0 spiro atoms. The van der Waals surface area contributed by atoms with E-state index in [1.165, 1.54) is 61.6 Å². The molecule has 18 nitrogen and oxygen atoms in total. The van der Waals surface area contributed by atoms with Gasteiger partial charge in [-0.25, -0.2) is 22.0 Å². The standard InChI is InChI=1S/C20H12O3.C18H14O3.C17H8F4O3.C17H10F2O3.C17H12O3.C16H10O3/c21-18-12-19(20(22)17-8-4-3-7-16(17)18)23-15-10-9-13-5-1-2-6-14(13)11-15;1-11-7-8-16(12(2)9-11)21-17-10-15(19)13-5-3-4-6-14(13)18(17)20;1-7-12(18)14(20)15(21)17(13(7)19)24-11-6-10(22)8-4-2-3-5-9(8)16(11)23;1-9-6-12(18)17(13(19)7-9)22-15-8-14(20)10-4-2-3-5-11(10)16(15)21;1-11-5-4-6-12(9-11)20-16-10-15(18)13-7-2-3-8-14(13)17(16)19;17-14-10-15(19-11-6-2-1-3-7-11)16(18)13-9-5-4-8-12(13)14/h1-12H;3-10H,1-2H3;2-6H,1H3;2-8H,1H3;2-10H,1H3;1-10H. The summed E-state index contributed by atoms with van der Waals surface area (Å²) < 4.78 is 114. The number of para-hydroxylation sites is 1. The number of hydrogen-bond donors (Lipinski definition) is 0. The second kappa shape index (κ2) is 38.4. The van der Waals surface area contributed by atoms with Crippen molar-refractivity contribution in [2.45, 2.75) is 34.6 Å². The number of carbonyl (C=O) groups is 12. The molecule has 6 aliphatic rings. The number of ketones is 12. The fraction of sp³-hybridized carbons (Fsp3) is 0.0476. The monoisotopic (exact) mass is 1730 g/mol. The molecule has 0 amide bonds. The number of allylic oxidation sites excluding steroid dienone is 12. The highest BCUT2D eigenvalue weighted by Gasteiger charge is 2.35. The Balaban J connectivity index is 0.000000125. The first-order chi connectivity index (χ1) is 62.0. The van der Waals surface area contributed by atoms with Crippen molar-refractivity contribution in [3.63, 3.8) is 0 Å². The maximum Gasteiger partial charge on any atom is 0.229 e. The molecule has 129 heavy (non-hydrogen) atoms. The minimum atomic E-state index is -1.93. The number of hydrogen-bond acceptors (Lipinski definition) is 18. The topological polar surface area (TPSA) is 260 Å². The van der Waals surface area contributed by atoms with Gasteiger partial charge in [0.25, 0.3) is 0 Å². The van der Waals surface area contributed by atoms with Crippen molar-refractivity contribution in [2.75, 3.05) is 0 Å². The Morgan fingerprint density at radius 2 is 0.519 bits per heavy atom. The van der Waals surface area contributed by atoms with E-state index < -0.39 is 86.6 Å². The highest BCUT2D eigenvalue weighted by atomic mass is 19.2. The Labute approximate surface area is 731 Å². The van der Waals surface area contributed by atoms with E-state index in [2.05, 4.69) is 0 Å². The summed E-state index contributed by atoms with van der Waals surface area (Å²) in [6.45, 7) is 8.25. The Bertz CT molecular complexity index is 7100. The van der Waals surface area contributed by atoms with Crippen LogP contribution < -0.4 is 28.4 Å². The lowest BCUT2D eigenvalue weighted by atomic mass is 9.94. The lowest BCUT2D eigenvalue weighted by Crippen LogP contribution is -2.21. The third-order valence-electron chi connectivity index (χ3n) is 20.2. The van der Waals surface area contributed by atoms with Crippen LogP contribution >= 0.6 is 0 Å².